The second kappa shape index (κ2) is 8.18. The Kier molecular flexibility index (Phi) is 6.54. The van der Waals surface area contributed by atoms with Crippen LogP contribution in [0.3, 0.4) is 0 Å². The Morgan fingerprint density at radius 1 is 1.50 bits per heavy atom. The molecule has 5 nitrogen and oxygen atoms in total. The smallest absolute Gasteiger partial charge is 0.234 e. The van der Waals surface area contributed by atoms with Crippen LogP contribution in [0, 0.1) is 11.3 Å². The molecule has 1 amide bonds. The van der Waals surface area contributed by atoms with Gasteiger partial charge in [0.05, 0.1) is 25.3 Å². The van der Waals surface area contributed by atoms with Crippen LogP contribution >= 0.6 is 0 Å². The summed E-state index contributed by atoms with van der Waals surface area (Å²) in [5.41, 5.74) is 1.49. The van der Waals surface area contributed by atoms with Crippen molar-refractivity contribution >= 4 is 5.91 Å². The van der Waals surface area contributed by atoms with Crippen molar-refractivity contribution in [1.82, 2.24) is 10.2 Å². The molecule has 0 saturated carbocycles. The maximum atomic E-state index is 11.6. The molecule has 1 aromatic carbocycles. The van der Waals surface area contributed by atoms with Gasteiger partial charge in [-0.15, -0.1) is 0 Å². The Hall–Kier alpha value is -2.06. The Morgan fingerprint density at radius 3 is 2.85 bits per heavy atom. The molecule has 1 rings (SSSR count). The monoisotopic (exact) mass is 275 g/mol. The van der Waals surface area contributed by atoms with E-state index in [-0.39, 0.29) is 5.91 Å². The Balaban J connectivity index is 2.67. The van der Waals surface area contributed by atoms with E-state index in [0.717, 1.165) is 17.7 Å². The minimum absolute atomic E-state index is 0.00440. The summed E-state index contributed by atoms with van der Waals surface area (Å²) in [7, 11) is 3.46. The standard InChI is InChI=1S/C15H21N3O2/c1-4-7-17-15(19)11-18(2)10-13-8-12(9-16)5-6-14(13)20-3/h5-6,8H,4,7,10-11H2,1-3H3,(H,17,19). The van der Waals surface area contributed by atoms with Crippen molar-refractivity contribution in [3.8, 4) is 11.8 Å². The number of nitriles is 1. The van der Waals surface area contributed by atoms with E-state index in [1.165, 1.54) is 0 Å². The maximum absolute atomic E-state index is 11.6. The lowest BCUT2D eigenvalue weighted by Crippen LogP contribution is -2.35. The highest BCUT2D eigenvalue weighted by Gasteiger charge is 2.10. The minimum Gasteiger partial charge on any atom is -0.496 e. The molecule has 0 aliphatic carbocycles. The van der Waals surface area contributed by atoms with Gasteiger partial charge in [-0.3, -0.25) is 9.69 Å². The van der Waals surface area contributed by atoms with Crippen molar-refractivity contribution in [3.05, 3.63) is 29.3 Å². The van der Waals surface area contributed by atoms with Crippen LogP contribution in [-0.4, -0.2) is 38.1 Å². The Bertz CT molecular complexity index is 494. The number of rotatable bonds is 7. The van der Waals surface area contributed by atoms with Crippen LogP contribution in [0.5, 0.6) is 5.75 Å². The normalized spacial score (nSPS) is 10.2. The Labute approximate surface area is 120 Å². The second-order valence-electron chi connectivity index (χ2n) is 4.66. The third-order valence-corrected chi connectivity index (χ3v) is 2.84. The summed E-state index contributed by atoms with van der Waals surface area (Å²) < 4.78 is 5.28. The first-order chi connectivity index (χ1) is 9.60. The van der Waals surface area contributed by atoms with Crippen LogP contribution in [-0.2, 0) is 11.3 Å². The van der Waals surface area contributed by atoms with Gasteiger partial charge < -0.3 is 10.1 Å². The van der Waals surface area contributed by atoms with Gasteiger partial charge in [0.2, 0.25) is 5.91 Å². The fourth-order valence-electron chi connectivity index (χ4n) is 1.88. The molecule has 0 unspecified atom stereocenters. The van der Waals surface area contributed by atoms with Crippen molar-refractivity contribution in [1.29, 1.82) is 5.26 Å². The molecule has 108 valence electrons. The second-order valence-corrected chi connectivity index (χ2v) is 4.66. The first kappa shape index (κ1) is 16.0. The molecule has 20 heavy (non-hydrogen) atoms. The molecular weight excluding hydrogens is 254 g/mol. The molecule has 0 bridgehead atoms. The van der Waals surface area contributed by atoms with E-state index in [4.69, 9.17) is 10.00 Å². The Morgan fingerprint density at radius 2 is 2.25 bits per heavy atom. The molecule has 5 heteroatoms. The average molecular weight is 275 g/mol. The van der Waals surface area contributed by atoms with E-state index in [1.54, 1.807) is 25.3 Å². The minimum atomic E-state index is 0.00440. The van der Waals surface area contributed by atoms with Crippen LogP contribution in [0.15, 0.2) is 18.2 Å². The third-order valence-electron chi connectivity index (χ3n) is 2.84. The van der Waals surface area contributed by atoms with Gasteiger partial charge in [-0.1, -0.05) is 6.92 Å². The molecule has 0 heterocycles. The molecule has 0 spiro atoms. The summed E-state index contributed by atoms with van der Waals surface area (Å²) in [5.74, 6) is 0.731. The van der Waals surface area contributed by atoms with E-state index in [0.29, 0.717) is 25.2 Å². The van der Waals surface area contributed by atoms with Crippen molar-refractivity contribution in [3.63, 3.8) is 0 Å². The number of nitrogens with one attached hydrogen (secondary N) is 1. The highest BCUT2D eigenvalue weighted by molar-refractivity contribution is 5.77. The van der Waals surface area contributed by atoms with Crippen molar-refractivity contribution in [2.45, 2.75) is 19.9 Å². The van der Waals surface area contributed by atoms with Crippen molar-refractivity contribution < 1.29 is 9.53 Å². The van der Waals surface area contributed by atoms with Crippen LogP contribution in [0.4, 0.5) is 0 Å². The van der Waals surface area contributed by atoms with Gasteiger partial charge in [0, 0.05) is 18.7 Å². The first-order valence-corrected chi connectivity index (χ1v) is 6.63. The number of amides is 1. The van der Waals surface area contributed by atoms with Crippen molar-refractivity contribution in [2.75, 3.05) is 27.2 Å². The number of methoxy groups -OCH3 is 1. The highest BCUT2D eigenvalue weighted by Crippen LogP contribution is 2.20. The summed E-state index contributed by atoms with van der Waals surface area (Å²) in [5, 5.41) is 11.8. The van der Waals surface area contributed by atoms with Gasteiger partial charge >= 0.3 is 0 Å². The van der Waals surface area contributed by atoms with E-state index in [9.17, 15) is 4.79 Å². The predicted octanol–water partition coefficient (Wildman–Crippen LogP) is 1.52. The van der Waals surface area contributed by atoms with E-state index < -0.39 is 0 Å². The zero-order valence-electron chi connectivity index (χ0n) is 12.3. The molecule has 0 aliphatic rings. The van der Waals surface area contributed by atoms with Gasteiger partial charge in [0.15, 0.2) is 0 Å². The number of likely N-dealkylation sites (N-methyl/N-ethyl adjacent to an activating group) is 1. The highest BCUT2D eigenvalue weighted by atomic mass is 16.5. The molecule has 0 radical (unpaired) electrons. The third kappa shape index (κ3) is 4.90. The molecule has 0 fully saturated rings. The zero-order chi connectivity index (χ0) is 15.0. The fraction of sp³-hybridized carbons (Fsp3) is 0.467. The molecule has 0 saturated heterocycles. The molecule has 0 aromatic heterocycles. The van der Waals surface area contributed by atoms with Crippen LogP contribution in [0.2, 0.25) is 0 Å². The molecule has 1 N–H and O–H groups in total. The van der Waals surface area contributed by atoms with Crippen LogP contribution < -0.4 is 10.1 Å². The summed E-state index contributed by atoms with van der Waals surface area (Å²) in [4.78, 5) is 13.5. The molecule has 0 atom stereocenters. The van der Waals surface area contributed by atoms with E-state index in [2.05, 4.69) is 11.4 Å². The lowest BCUT2D eigenvalue weighted by Gasteiger charge is -2.18. The fourth-order valence-corrected chi connectivity index (χ4v) is 1.88. The SMILES string of the molecule is CCCNC(=O)CN(C)Cc1cc(C#N)ccc1OC. The number of carbonyl (C=O) groups is 1. The number of nitrogens with zero attached hydrogens (tertiary/aromatic N) is 2. The number of carbonyl (C=O) groups excluding carboxylic acids is 1. The van der Waals surface area contributed by atoms with Gasteiger partial charge in [0.1, 0.15) is 5.75 Å². The van der Waals surface area contributed by atoms with Gasteiger partial charge in [-0.2, -0.15) is 5.26 Å². The topological polar surface area (TPSA) is 65.4 Å². The largest absolute Gasteiger partial charge is 0.496 e. The summed E-state index contributed by atoms with van der Waals surface area (Å²) >= 11 is 0. The number of benzene rings is 1. The number of hydrogen-bond donors (Lipinski definition) is 1. The maximum Gasteiger partial charge on any atom is 0.234 e. The average Bonchev–Trinajstić information content (AvgIpc) is 2.44. The quantitative estimate of drug-likeness (QED) is 0.819. The number of ether oxygens (including phenoxy) is 1. The van der Waals surface area contributed by atoms with E-state index >= 15 is 0 Å². The predicted molar refractivity (Wildman–Crippen MR) is 77.3 cm³/mol. The molecular formula is C15H21N3O2. The van der Waals surface area contributed by atoms with Gasteiger partial charge in [-0.25, -0.2) is 0 Å². The number of hydrogen-bond acceptors (Lipinski definition) is 4. The van der Waals surface area contributed by atoms with Gasteiger partial charge in [-0.05, 0) is 31.7 Å². The zero-order valence-corrected chi connectivity index (χ0v) is 12.3. The summed E-state index contributed by atoms with van der Waals surface area (Å²) in [6.07, 6.45) is 0.924. The van der Waals surface area contributed by atoms with E-state index in [1.807, 2.05) is 18.9 Å². The lowest BCUT2D eigenvalue weighted by molar-refractivity contribution is -0.122. The van der Waals surface area contributed by atoms with Gasteiger partial charge in [0.25, 0.3) is 0 Å². The van der Waals surface area contributed by atoms with Crippen LogP contribution in [0.1, 0.15) is 24.5 Å². The summed E-state index contributed by atoms with van der Waals surface area (Å²) in [6, 6.07) is 7.39. The first-order valence-electron chi connectivity index (χ1n) is 6.63. The molecule has 1 aromatic rings. The van der Waals surface area contributed by atoms with Crippen molar-refractivity contribution in [2.24, 2.45) is 0 Å². The van der Waals surface area contributed by atoms with Crippen LogP contribution in [0.25, 0.3) is 0 Å². The lowest BCUT2D eigenvalue weighted by atomic mass is 10.1. The molecule has 0 aliphatic heterocycles. The summed E-state index contributed by atoms with van der Waals surface area (Å²) in [6.45, 7) is 3.58.